The molecular weight excluding hydrogens is 624 g/mol. The Morgan fingerprint density at radius 2 is 1.73 bits per heavy atom. The number of halogens is 2. The molecule has 4 unspecified atom stereocenters. The van der Waals surface area contributed by atoms with E-state index in [-0.39, 0.29) is 39.9 Å². The number of rotatable bonds is 7. The molecule has 4 aromatic rings. The highest BCUT2D eigenvalue weighted by molar-refractivity contribution is 6.04. The van der Waals surface area contributed by atoms with Crippen LogP contribution in [0.2, 0.25) is 0 Å². The van der Waals surface area contributed by atoms with Gasteiger partial charge in [-0.15, -0.1) is 6.42 Å². The molecule has 49 heavy (non-hydrogen) atoms. The molecule has 1 saturated carbocycles. The van der Waals surface area contributed by atoms with Crippen LogP contribution in [-0.4, -0.2) is 81.6 Å². The molecule has 5 fully saturated rings. The molecule has 9 rings (SSSR count). The van der Waals surface area contributed by atoms with Crippen molar-refractivity contribution >= 4 is 27.5 Å². The number of hydrogen-bond donors (Lipinski definition) is 3. The van der Waals surface area contributed by atoms with Gasteiger partial charge in [-0.25, -0.2) is 8.78 Å². The molecule has 3 aromatic carbocycles. The third-order valence-corrected chi connectivity index (χ3v) is 11.9. The van der Waals surface area contributed by atoms with E-state index in [1.165, 1.54) is 30.7 Å². The van der Waals surface area contributed by atoms with E-state index in [2.05, 4.69) is 21.0 Å². The second-order valence-corrected chi connectivity index (χ2v) is 15.2. The maximum Gasteiger partial charge on any atom is 0.319 e. The lowest BCUT2D eigenvalue weighted by Gasteiger charge is -2.49. The Balaban J connectivity index is 1.10. The summed E-state index contributed by atoms with van der Waals surface area (Å²) in [5.74, 6) is 1.79. The molecule has 5 heterocycles. The minimum absolute atomic E-state index is 0.0118. The summed E-state index contributed by atoms with van der Waals surface area (Å²) in [5, 5.41) is 26.1. The predicted octanol–water partition coefficient (Wildman–Crippen LogP) is 5.89. The summed E-state index contributed by atoms with van der Waals surface area (Å²) >= 11 is 0. The Morgan fingerprint density at radius 3 is 2.45 bits per heavy atom. The van der Waals surface area contributed by atoms with E-state index in [0.717, 1.165) is 71.0 Å². The Labute approximate surface area is 284 Å². The van der Waals surface area contributed by atoms with Crippen LogP contribution in [0.25, 0.3) is 32.8 Å². The summed E-state index contributed by atoms with van der Waals surface area (Å²) < 4.78 is 38.3. The third-order valence-electron chi connectivity index (χ3n) is 11.9. The molecule has 4 bridgehead atoms. The molecule has 0 spiro atoms. The number of terminal acetylenes is 1. The van der Waals surface area contributed by atoms with Crippen LogP contribution >= 0.6 is 0 Å². The number of piperazine rings is 1. The van der Waals surface area contributed by atoms with Gasteiger partial charge >= 0.3 is 6.01 Å². The summed E-state index contributed by atoms with van der Waals surface area (Å²) in [7, 11) is 0. The van der Waals surface area contributed by atoms with E-state index in [4.69, 9.17) is 21.1 Å². The molecule has 4 aliphatic heterocycles. The lowest BCUT2D eigenvalue weighted by molar-refractivity contribution is -0.0400. The Kier molecular flexibility index (Phi) is 7.45. The summed E-state index contributed by atoms with van der Waals surface area (Å²) in [6.45, 7) is 2.86. The van der Waals surface area contributed by atoms with Gasteiger partial charge in [-0.2, -0.15) is 9.97 Å². The highest BCUT2D eigenvalue weighted by Crippen LogP contribution is 2.49. The molecule has 0 radical (unpaired) electrons. The first kappa shape index (κ1) is 31.0. The number of piperidine rings is 2. The molecule has 8 nitrogen and oxygen atoms in total. The van der Waals surface area contributed by atoms with Gasteiger partial charge in [0.15, 0.2) is 5.82 Å². The number of aromatic nitrogens is 2. The van der Waals surface area contributed by atoms with E-state index < -0.39 is 11.6 Å². The largest absolute Gasteiger partial charge is 0.508 e. The van der Waals surface area contributed by atoms with Crippen molar-refractivity contribution in [2.75, 3.05) is 31.1 Å². The maximum atomic E-state index is 17.0. The highest BCUT2D eigenvalue weighted by atomic mass is 19.1. The fourth-order valence-electron chi connectivity index (χ4n) is 9.23. The second kappa shape index (κ2) is 11.8. The Morgan fingerprint density at radius 1 is 0.980 bits per heavy atom. The molecule has 0 amide bonds. The summed E-state index contributed by atoms with van der Waals surface area (Å²) in [4.78, 5) is 14.5. The van der Waals surface area contributed by atoms with Crippen LogP contribution < -0.4 is 15.0 Å². The van der Waals surface area contributed by atoms with Gasteiger partial charge in [0.2, 0.25) is 0 Å². The number of aliphatic hydroxyl groups is 1. The lowest BCUT2D eigenvalue weighted by Crippen LogP contribution is -2.55. The van der Waals surface area contributed by atoms with Crippen molar-refractivity contribution in [1.82, 2.24) is 20.2 Å². The van der Waals surface area contributed by atoms with Crippen LogP contribution in [0.15, 0.2) is 36.4 Å². The smallest absolute Gasteiger partial charge is 0.319 e. The van der Waals surface area contributed by atoms with Crippen LogP contribution in [0, 0.1) is 29.4 Å². The average molecular weight is 666 g/mol. The van der Waals surface area contributed by atoms with Gasteiger partial charge in [0, 0.05) is 65.6 Å². The maximum absolute atomic E-state index is 17.0. The standard InChI is InChI=1S/C39H41F2N5O3/c1-2-29-33(40)11-6-22-14-27(47)17-32(34(22)29)30-9-10-31-36(35(30)41)43-38(44-37(31)45-18-23-7-8-24(19-45)42-23)49-21-39(12-13-39)20-46-25-4-3-5-26(46)16-28(48)15-25/h1,6,9-11,14,17,23-26,28,42,47-48H,3-5,7-8,12-13,15-16,18-21H2. The van der Waals surface area contributed by atoms with Crippen LogP contribution in [0.1, 0.15) is 63.4 Å². The molecule has 254 valence electrons. The van der Waals surface area contributed by atoms with Crippen molar-refractivity contribution in [3.63, 3.8) is 0 Å². The molecule has 4 atom stereocenters. The molecule has 10 heteroatoms. The number of aromatic hydroxyl groups is 1. The first-order chi connectivity index (χ1) is 23.8. The van der Waals surface area contributed by atoms with Crippen molar-refractivity contribution in [2.24, 2.45) is 5.41 Å². The third kappa shape index (κ3) is 5.47. The van der Waals surface area contributed by atoms with Crippen LogP contribution in [-0.2, 0) is 0 Å². The SMILES string of the molecule is C#Cc1c(F)ccc2cc(O)cc(-c3ccc4c(N5CC6CCC(C5)N6)nc(OCC5(CN6C7CCCC6CC(O)C7)CC5)nc4c3F)c12. The topological polar surface area (TPSA) is 94.0 Å². The van der Waals surface area contributed by atoms with Crippen LogP contribution in [0.3, 0.4) is 0 Å². The van der Waals surface area contributed by atoms with E-state index in [1.807, 2.05) is 6.07 Å². The number of nitrogens with zero attached hydrogens (tertiary/aromatic N) is 4. The van der Waals surface area contributed by atoms with Crippen LogP contribution in [0.4, 0.5) is 14.6 Å². The number of anilines is 1. The zero-order chi connectivity index (χ0) is 33.4. The first-order valence-corrected chi connectivity index (χ1v) is 17.8. The fraction of sp³-hybridized carbons (Fsp3) is 0.487. The van der Waals surface area contributed by atoms with Gasteiger partial charge in [0.05, 0.1) is 18.3 Å². The first-order valence-electron chi connectivity index (χ1n) is 17.8. The fourth-order valence-corrected chi connectivity index (χ4v) is 9.23. The summed E-state index contributed by atoms with van der Waals surface area (Å²) in [6, 6.07) is 10.8. The number of nitrogens with one attached hydrogen (secondary N) is 1. The number of hydrogen-bond acceptors (Lipinski definition) is 8. The van der Waals surface area contributed by atoms with Gasteiger partial charge in [-0.1, -0.05) is 24.5 Å². The Hall–Kier alpha value is -4.04. The van der Waals surface area contributed by atoms with E-state index in [9.17, 15) is 14.6 Å². The van der Waals surface area contributed by atoms with Gasteiger partial charge < -0.3 is 25.2 Å². The van der Waals surface area contributed by atoms with Crippen LogP contribution in [0.5, 0.6) is 11.8 Å². The molecule has 3 N–H and O–H groups in total. The predicted molar refractivity (Wildman–Crippen MR) is 185 cm³/mol. The number of fused-ring (bicyclic) bond motifs is 6. The zero-order valence-electron chi connectivity index (χ0n) is 27.5. The molecule has 1 aliphatic carbocycles. The summed E-state index contributed by atoms with van der Waals surface area (Å²) in [6.07, 6.45) is 14.9. The molecule has 1 aromatic heterocycles. The van der Waals surface area contributed by atoms with E-state index in [1.54, 1.807) is 6.07 Å². The lowest BCUT2D eigenvalue weighted by atomic mass is 9.82. The number of ether oxygens (including phenoxy) is 1. The number of phenolic OH excluding ortho intramolecular Hbond substituents is 1. The number of phenols is 1. The average Bonchev–Trinajstić information content (AvgIpc) is 3.77. The molecule has 5 aliphatic rings. The number of aliphatic hydroxyl groups excluding tert-OH is 1. The van der Waals surface area contributed by atoms with Gasteiger partial charge in [0.25, 0.3) is 0 Å². The quantitative estimate of drug-likeness (QED) is 0.211. The van der Waals surface area contributed by atoms with Crippen molar-refractivity contribution in [3.8, 4) is 35.2 Å². The highest BCUT2D eigenvalue weighted by Gasteiger charge is 2.49. The van der Waals surface area contributed by atoms with Crippen molar-refractivity contribution in [2.45, 2.75) is 88.1 Å². The Bertz CT molecular complexity index is 1990. The minimum Gasteiger partial charge on any atom is -0.508 e. The number of benzene rings is 3. The molecule has 4 saturated heterocycles. The minimum atomic E-state index is -0.607. The van der Waals surface area contributed by atoms with Gasteiger partial charge in [0.1, 0.15) is 22.9 Å². The van der Waals surface area contributed by atoms with Gasteiger partial charge in [-0.05, 0) is 86.6 Å². The van der Waals surface area contributed by atoms with Crippen molar-refractivity contribution in [3.05, 3.63) is 53.6 Å². The van der Waals surface area contributed by atoms with Crippen molar-refractivity contribution < 1.29 is 23.7 Å². The normalized spacial score (nSPS) is 27.4. The zero-order valence-corrected chi connectivity index (χ0v) is 27.5. The summed E-state index contributed by atoms with van der Waals surface area (Å²) in [5.41, 5.74) is 0.558. The van der Waals surface area contributed by atoms with E-state index in [0.29, 0.717) is 58.3 Å². The van der Waals surface area contributed by atoms with E-state index >= 15 is 4.39 Å². The monoisotopic (exact) mass is 665 g/mol. The molecular formula is C39H41F2N5O3. The van der Waals surface area contributed by atoms with Crippen molar-refractivity contribution in [1.29, 1.82) is 0 Å². The van der Waals surface area contributed by atoms with Gasteiger partial charge in [-0.3, -0.25) is 4.90 Å². The second-order valence-electron chi connectivity index (χ2n) is 15.2.